The van der Waals surface area contributed by atoms with Gasteiger partial charge in [-0.15, -0.1) is 21.6 Å². The van der Waals surface area contributed by atoms with Crippen LogP contribution in [-0.2, 0) is 11.5 Å². The van der Waals surface area contributed by atoms with Gasteiger partial charge in [-0.2, -0.15) is 0 Å². The smallest absolute Gasteiger partial charge is 0.274 e. The predicted octanol–water partition coefficient (Wildman–Crippen LogP) is 7.22. The molecule has 6 rings (SSSR count). The molecule has 3 heterocycles. The van der Waals surface area contributed by atoms with Crippen LogP contribution in [0.1, 0.15) is 40.0 Å². The number of carbonyl (C=O) groups is 1. The highest BCUT2D eigenvalue weighted by Gasteiger charge is 2.49. The van der Waals surface area contributed by atoms with Crippen molar-refractivity contribution in [1.82, 2.24) is 14.5 Å². The van der Waals surface area contributed by atoms with Gasteiger partial charge in [-0.05, 0) is 48.3 Å². The summed E-state index contributed by atoms with van der Waals surface area (Å²) in [6.07, 6.45) is 3.59. The average Bonchev–Trinajstić information content (AvgIpc) is 3.46. The molecule has 2 bridgehead atoms. The Hall–Kier alpha value is -2.75. The average molecular weight is 534 g/mol. The maximum atomic E-state index is 12.6. The molecule has 2 atom stereocenters. The zero-order chi connectivity index (χ0) is 25.8. The Bertz CT molecular complexity index is 1490. The molecule has 1 saturated heterocycles. The van der Waals surface area contributed by atoms with Gasteiger partial charge in [-0.3, -0.25) is 14.3 Å². The van der Waals surface area contributed by atoms with Crippen LogP contribution in [-0.4, -0.2) is 43.8 Å². The third kappa shape index (κ3) is 4.80. The van der Waals surface area contributed by atoms with Gasteiger partial charge in [0.1, 0.15) is 0 Å². The van der Waals surface area contributed by atoms with E-state index >= 15 is 0 Å². The van der Waals surface area contributed by atoms with E-state index in [4.69, 9.17) is 0 Å². The lowest BCUT2D eigenvalue weighted by molar-refractivity contribution is -0.115. The van der Waals surface area contributed by atoms with Gasteiger partial charge in [-0.25, -0.2) is 4.98 Å². The molecule has 9 heteroatoms. The Balaban J connectivity index is 1.21. The minimum Gasteiger partial charge on any atom is -0.493 e. The Labute approximate surface area is 224 Å². The second-order valence-corrected chi connectivity index (χ2v) is 13.8. The summed E-state index contributed by atoms with van der Waals surface area (Å²) in [7, 11) is 0. The van der Waals surface area contributed by atoms with Crippen LogP contribution in [0.3, 0.4) is 0 Å². The monoisotopic (exact) mass is 533 g/mol. The van der Waals surface area contributed by atoms with Crippen molar-refractivity contribution in [3.05, 3.63) is 48.5 Å². The lowest BCUT2D eigenvalue weighted by atomic mass is 9.65. The van der Waals surface area contributed by atoms with Crippen LogP contribution < -0.4 is 0 Å². The second-order valence-electron chi connectivity index (χ2n) is 11.5. The minimum atomic E-state index is -0.357. The lowest BCUT2D eigenvalue weighted by Gasteiger charge is -2.40. The first-order valence-corrected chi connectivity index (χ1v) is 14.5. The first kappa shape index (κ1) is 24.6. The van der Waals surface area contributed by atoms with E-state index in [1.165, 1.54) is 24.6 Å². The van der Waals surface area contributed by atoms with Crippen LogP contribution in [0.4, 0.5) is 5.69 Å². The number of fused-ring (bicyclic) bond motifs is 4. The van der Waals surface area contributed by atoms with Gasteiger partial charge in [0, 0.05) is 18.0 Å². The summed E-state index contributed by atoms with van der Waals surface area (Å²) in [6, 6.07) is 16.2. The second kappa shape index (κ2) is 9.22. The largest absolute Gasteiger partial charge is 0.493 e. The topological polar surface area (TPSA) is 83.1 Å². The Morgan fingerprint density at radius 1 is 1.16 bits per heavy atom. The number of benzene rings is 2. The molecular weight excluding hydrogens is 502 g/mol. The summed E-state index contributed by atoms with van der Waals surface area (Å²) >= 11 is 2.92. The van der Waals surface area contributed by atoms with Crippen molar-refractivity contribution < 1.29 is 9.90 Å². The van der Waals surface area contributed by atoms with E-state index in [0.717, 1.165) is 38.4 Å². The third-order valence-corrected chi connectivity index (χ3v) is 9.78. The number of carbonyl (C=O) groups excluding carboxylic acids is 1. The molecule has 2 aliphatic rings. The maximum Gasteiger partial charge on any atom is 0.274 e. The molecule has 0 spiro atoms. The molecular formula is C28H31N5O2S2. The molecule has 192 valence electrons. The van der Waals surface area contributed by atoms with E-state index in [2.05, 4.69) is 40.9 Å². The molecule has 7 nitrogen and oxygen atoms in total. The number of para-hydroxylation sites is 2. The van der Waals surface area contributed by atoms with E-state index in [9.17, 15) is 9.90 Å². The van der Waals surface area contributed by atoms with Crippen molar-refractivity contribution in [2.24, 2.45) is 21.1 Å². The maximum absolute atomic E-state index is 12.6. The van der Waals surface area contributed by atoms with Crippen molar-refractivity contribution in [3.63, 3.8) is 0 Å². The molecule has 1 amide bonds. The van der Waals surface area contributed by atoms with Gasteiger partial charge >= 0.3 is 0 Å². The third-order valence-electron chi connectivity index (χ3n) is 7.62. The van der Waals surface area contributed by atoms with E-state index in [1.807, 2.05) is 53.1 Å². The quantitative estimate of drug-likeness (QED) is 0.209. The zero-order valence-electron chi connectivity index (χ0n) is 21.3. The molecule has 1 N–H and O–H groups in total. The number of nitrogens with zero attached hydrogens (tertiary/aromatic N) is 5. The van der Waals surface area contributed by atoms with Gasteiger partial charge in [0.15, 0.2) is 10.0 Å². The summed E-state index contributed by atoms with van der Waals surface area (Å²) in [5.41, 5.74) is 2.82. The van der Waals surface area contributed by atoms with Crippen LogP contribution in [0, 0.1) is 10.8 Å². The highest BCUT2D eigenvalue weighted by atomic mass is 32.2. The zero-order valence-corrected chi connectivity index (χ0v) is 23.0. The number of thioether (sulfide) groups is 1. The van der Waals surface area contributed by atoms with Crippen LogP contribution in [0.5, 0.6) is 5.88 Å². The minimum absolute atomic E-state index is 0.0578. The molecule has 37 heavy (non-hydrogen) atoms. The number of aromatic nitrogens is 2. The molecule has 2 aromatic carbocycles. The van der Waals surface area contributed by atoms with Crippen molar-refractivity contribution in [2.45, 2.75) is 57.1 Å². The number of azo groups is 1. The molecule has 1 saturated carbocycles. The van der Waals surface area contributed by atoms with Gasteiger partial charge in [0.25, 0.3) is 5.91 Å². The van der Waals surface area contributed by atoms with Crippen LogP contribution in [0.25, 0.3) is 21.1 Å². The highest BCUT2D eigenvalue weighted by molar-refractivity contribution is 8.01. The molecule has 1 aliphatic carbocycles. The van der Waals surface area contributed by atoms with Gasteiger partial charge in [0.2, 0.25) is 5.88 Å². The van der Waals surface area contributed by atoms with Gasteiger partial charge in [0.05, 0.1) is 28.2 Å². The normalized spacial score (nSPS) is 23.5. The standard InChI is InChI=1S/C28H31N5O2S2/c1-27(2)12-18-13-28(3,15-27)16-32(18)17-33-21-10-6-4-8-19(21)24(25(33)35)31-30-23(34)14-36-26-29-20-9-5-7-11-22(20)37-26/h4-11,18,35H,12-17H2,1-3H3/t18-,28-/m1/s1. The van der Waals surface area contributed by atoms with E-state index < -0.39 is 0 Å². The summed E-state index contributed by atoms with van der Waals surface area (Å²) in [5.74, 6) is -0.154. The fraction of sp³-hybridized carbons (Fsp3) is 0.429. The number of hydrogen-bond acceptors (Lipinski definition) is 7. The van der Waals surface area contributed by atoms with Crippen molar-refractivity contribution in [2.75, 3.05) is 12.3 Å². The summed E-state index contributed by atoms with van der Waals surface area (Å²) in [5, 5.41) is 20.2. The van der Waals surface area contributed by atoms with E-state index in [-0.39, 0.29) is 17.5 Å². The Morgan fingerprint density at radius 2 is 1.95 bits per heavy atom. The fourth-order valence-corrected chi connectivity index (χ4v) is 8.45. The number of aromatic hydroxyl groups is 1. The first-order chi connectivity index (χ1) is 17.7. The molecule has 4 aromatic rings. The van der Waals surface area contributed by atoms with E-state index in [1.54, 1.807) is 11.3 Å². The van der Waals surface area contributed by atoms with Gasteiger partial charge in [-0.1, -0.05) is 62.9 Å². The SMILES string of the molecule is CC1(C)C[C@@H]2C[C@@](C)(CN2Cn2c(O)c(N=NC(=O)CSc3nc4ccccc4s3)c3ccccc32)C1. The Kier molecular flexibility index (Phi) is 6.12. The highest BCUT2D eigenvalue weighted by Crippen LogP contribution is 2.53. The lowest BCUT2D eigenvalue weighted by Crippen LogP contribution is -2.35. The summed E-state index contributed by atoms with van der Waals surface area (Å²) in [6.45, 7) is 8.75. The molecule has 0 unspecified atom stereocenters. The van der Waals surface area contributed by atoms with E-state index in [0.29, 0.717) is 29.2 Å². The predicted molar refractivity (Wildman–Crippen MR) is 150 cm³/mol. The molecule has 1 aliphatic heterocycles. The molecule has 0 radical (unpaired) electrons. The fourth-order valence-electron chi connectivity index (χ4n) is 6.61. The number of thiazole rings is 1. The number of hydrogen-bond donors (Lipinski definition) is 1. The number of rotatable bonds is 6. The van der Waals surface area contributed by atoms with Gasteiger partial charge < -0.3 is 5.11 Å². The van der Waals surface area contributed by atoms with Crippen LogP contribution in [0.15, 0.2) is 63.1 Å². The van der Waals surface area contributed by atoms with Crippen LogP contribution in [0.2, 0.25) is 0 Å². The molecule has 2 fully saturated rings. The van der Waals surface area contributed by atoms with Crippen molar-refractivity contribution in [1.29, 1.82) is 0 Å². The summed E-state index contributed by atoms with van der Waals surface area (Å²) in [4.78, 5) is 19.6. The Morgan fingerprint density at radius 3 is 2.78 bits per heavy atom. The molecule has 2 aromatic heterocycles. The van der Waals surface area contributed by atoms with Crippen LogP contribution >= 0.6 is 23.1 Å². The number of amides is 1. The van der Waals surface area contributed by atoms with Crippen molar-refractivity contribution in [3.8, 4) is 5.88 Å². The summed E-state index contributed by atoms with van der Waals surface area (Å²) < 4.78 is 3.84. The first-order valence-electron chi connectivity index (χ1n) is 12.7. The van der Waals surface area contributed by atoms with Crippen molar-refractivity contribution >= 4 is 55.8 Å². The number of likely N-dealkylation sites (tertiary alicyclic amines) is 1.